The summed E-state index contributed by atoms with van der Waals surface area (Å²) in [5, 5.41) is 3.59. The number of hydrogen-bond donors (Lipinski definition) is 1. The molecule has 0 aliphatic carbocycles. The van der Waals surface area contributed by atoms with Crippen LogP contribution in [-0.2, 0) is 0 Å². The Labute approximate surface area is 102 Å². The molecule has 0 spiro atoms. The number of likely N-dealkylation sites (tertiary alicyclic amines) is 1. The Morgan fingerprint density at radius 2 is 1.94 bits per heavy atom. The van der Waals surface area contributed by atoms with Gasteiger partial charge in [0, 0.05) is 31.2 Å². The van der Waals surface area contributed by atoms with Crippen LogP contribution >= 0.6 is 0 Å². The molecule has 0 aromatic heterocycles. The molecule has 2 heteroatoms. The Hall–Kier alpha value is -0.0800. The number of nitrogens with one attached hydrogen (secondary N) is 1. The Morgan fingerprint density at radius 3 is 2.50 bits per heavy atom. The molecule has 0 saturated carbocycles. The van der Waals surface area contributed by atoms with E-state index in [2.05, 4.69) is 44.8 Å². The molecular weight excluding hydrogens is 196 g/mol. The zero-order valence-corrected chi connectivity index (χ0v) is 11.8. The van der Waals surface area contributed by atoms with Gasteiger partial charge in [0.25, 0.3) is 0 Å². The molecule has 96 valence electrons. The molecule has 1 saturated heterocycles. The molecule has 1 rings (SSSR count). The SMILES string of the molecule is CCC(CNC(C)C)N1CC(C)CCC1C. The first kappa shape index (κ1) is 14.0. The maximum absolute atomic E-state index is 3.59. The van der Waals surface area contributed by atoms with E-state index in [1.165, 1.54) is 25.8 Å². The summed E-state index contributed by atoms with van der Waals surface area (Å²) in [5.74, 6) is 0.879. The van der Waals surface area contributed by atoms with Crippen LogP contribution in [0.4, 0.5) is 0 Å². The Balaban J connectivity index is 2.49. The quantitative estimate of drug-likeness (QED) is 0.775. The Kier molecular flexibility index (Phi) is 5.77. The second kappa shape index (κ2) is 6.61. The van der Waals surface area contributed by atoms with Gasteiger partial charge >= 0.3 is 0 Å². The number of piperidine rings is 1. The normalized spacial score (nSPS) is 29.6. The number of rotatable bonds is 5. The number of hydrogen-bond acceptors (Lipinski definition) is 2. The summed E-state index contributed by atoms with van der Waals surface area (Å²) in [6.07, 6.45) is 4.04. The van der Waals surface area contributed by atoms with Crippen LogP contribution in [0.5, 0.6) is 0 Å². The highest BCUT2D eigenvalue weighted by Crippen LogP contribution is 2.24. The lowest BCUT2D eigenvalue weighted by atomic mass is 9.93. The van der Waals surface area contributed by atoms with Gasteiger partial charge in [0.2, 0.25) is 0 Å². The first-order chi connectivity index (χ1) is 7.54. The van der Waals surface area contributed by atoms with Gasteiger partial charge in [-0.2, -0.15) is 0 Å². The molecule has 2 nitrogen and oxygen atoms in total. The average molecular weight is 226 g/mol. The molecule has 0 radical (unpaired) electrons. The van der Waals surface area contributed by atoms with E-state index >= 15 is 0 Å². The zero-order chi connectivity index (χ0) is 12.1. The molecule has 1 N–H and O–H groups in total. The minimum absolute atomic E-state index is 0.603. The zero-order valence-electron chi connectivity index (χ0n) is 11.8. The largest absolute Gasteiger partial charge is 0.313 e. The van der Waals surface area contributed by atoms with Crippen molar-refractivity contribution in [3.05, 3.63) is 0 Å². The van der Waals surface area contributed by atoms with Gasteiger partial charge in [-0.1, -0.05) is 27.7 Å². The van der Waals surface area contributed by atoms with Gasteiger partial charge in [0.1, 0.15) is 0 Å². The first-order valence-corrected chi connectivity index (χ1v) is 7.03. The first-order valence-electron chi connectivity index (χ1n) is 7.03. The van der Waals surface area contributed by atoms with Gasteiger partial charge in [-0.15, -0.1) is 0 Å². The van der Waals surface area contributed by atoms with Crippen LogP contribution in [0.25, 0.3) is 0 Å². The molecule has 3 atom stereocenters. The summed E-state index contributed by atoms with van der Waals surface area (Å²) < 4.78 is 0. The van der Waals surface area contributed by atoms with Gasteiger partial charge in [0.15, 0.2) is 0 Å². The lowest BCUT2D eigenvalue weighted by molar-refractivity contribution is 0.0731. The van der Waals surface area contributed by atoms with Crippen molar-refractivity contribution in [1.29, 1.82) is 0 Å². The summed E-state index contributed by atoms with van der Waals surface area (Å²) in [5.41, 5.74) is 0. The molecule has 1 aliphatic rings. The van der Waals surface area contributed by atoms with Crippen LogP contribution in [0, 0.1) is 5.92 Å². The van der Waals surface area contributed by atoms with Crippen molar-refractivity contribution < 1.29 is 0 Å². The summed E-state index contributed by atoms with van der Waals surface area (Å²) in [6, 6.07) is 2.10. The summed E-state index contributed by atoms with van der Waals surface area (Å²) in [7, 11) is 0. The van der Waals surface area contributed by atoms with Crippen LogP contribution < -0.4 is 5.32 Å². The fourth-order valence-corrected chi connectivity index (χ4v) is 2.70. The van der Waals surface area contributed by atoms with Crippen molar-refractivity contribution >= 4 is 0 Å². The third kappa shape index (κ3) is 4.06. The molecule has 0 aromatic carbocycles. The van der Waals surface area contributed by atoms with Crippen molar-refractivity contribution in [2.45, 2.75) is 72.0 Å². The van der Waals surface area contributed by atoms with Gasteiger partial charge in [0.05, 0.1) is 0 Å². The molecule has 0 bridgehead atoms. The molecule has 3 unspecified atom stereocenters. The van der Waals surface area contributed by atoms with E-state index in [0.29, 0.717) is 6.04 Å². The molecule has 16 heavy (non-hydrogen) atoms. The monoisotopic (exact) mass is 226 g/mol. The predicted octanol–water partition coefficient (Wildman–Crippen LogP) is 2.88. The molecule has 1 fully saturated rings. The van der Waals surface area contributed by atoms with Crippen molar-refractivity contribution in [2.75, 3.05) is 13.1 Å². The van der Waals surface area contributed by atoms with E-state index in [4.69, 9.17) is 0 Å². The van der Waals surface area contributed by atoms with Crippen molar-refractivity contribution in [3.8, 4) is 0 Å². The molecule has 1 heterocycles. The van der Waals surface area contributed by atoms with Crippen LogP contribution in [-0.4, -0.2) is 36.1 Å². The van der Waals surface area contributed by atoms with Crippen molar-refractivity contribution in [3.63, 3.8) is 0 Å². The van der Waals surface area contributed by atoms with E-state index in [0.717, 1.165) is 24.5 Å². The van der Waals surface area contributed by atoms with Crippen LogP contribution in [0.3, 0.4) is 0 Å². The summed E-state index contributed by atoms with van der Waals surface area (Å²) in [4.78, 5) is 2.73. The van der Waals surface area contributed by atoms with Gasteiger partial charge in [-0.3, -0.25) is 4.90 Å². The van der Waals surface area contributed by atoms with E-state index in [1.54, 1.807) is 0 Å². The minimum atomic E-state index is 0.603. The number of nitrogens with zero attached hydrogens (tertiary/aromatic N) is 1. The van der Waals surface area contributed by atoms with E-state index in [-0.39, 0.29) is 0 Å². The molecule has 0 aromatic rings. The molecular formula is C14H30N2. The van der Waals surface area contributed by atoms with Crippen LogP contribution in [0.2, 0.25) is 0 Å². The van der Waals surface area contributed by atoms with Gasteiger partial charge in [-0.25, -0.2) is 0 Å². The van der Waals surface area contributed by atoms with Crippen LogP contribution in [0.1, 0.15) is 53.9 Å². The van der Waals surface area contributed by atoms with Crippen molar-refractivity contribution in [2.24, 2.45) is 5.92 Å². The van der Waals surface area contributed by atoms with Crippen LogP contribution in [0.15, 0.2) is 0 Å². The average Bonchev–Trinajstić information content (AvgIpc) is 2.23. The van der Waals surface area contributed by atoms with E-state index in [9.17, 15) is 0 Å². The van der Waals surface area contributed by atoms with E-state index in [1.807, 2.05) is 0 Å². The van der Waals surface area contributed by atoms with Gasteiger partial charge < -0.3 is 5.32 Å². The fraction of sp³-hybridized carbons (Fsp3) is 1.00. The van der Waals surface area contributed by atoms with Crippen molar-refractivity contribution in [1.82, 2.24) is 10.2 Å². The lowest BCUT2D eigenvalue weighted by Crippen LogP contribution is -2.51. The van der Waals surface area contributed by atoms with Gasteiger partial charge in [-0.05, 0) is 32.1 Å². The third-order valence-electron chi connectivity index (χ3n) is 3.87. The third-order valence-corrected chi connectivity index (χ3v) is 3.87. The topological polar surface area (TPSA) is 15.3 Å². The lowest BCUT2D eigenvalue weighted by Gasteiger charge is -2.42. The summed E-state index contributed by atoms with van der Waals surface area (Å²) >= 11 is 0. The summed E-state index contributed by atoms with van der Waals surface area (Å²) in [6.45, 7) is 14.0. The highest BCUT2D eigenvalue weighted by Gasteiger charge is 2.27. The molecule has 1 aliphatic heterocycles. The smallest absolute Gasteiger partial charge is 0.0221 e. The minimum Gasteiger partial charge on any atom is -0.313 e. The second-order valence-electron chi connectivity index (χ2n) is 5.85. The van der Waals surface area contributed by atoms with E-state index < -0.39 is 0 Å². The maximum Gasteiger partial charge on any atom is 0.0221 e. The second-order valence-corrected chi connectivity index (χ2v) is 5.85. The standard InChI is InChI=1S/C14H30N2/c1-6-14(9-15-11(2)3)16-10-12(4)7-8-13(16)5/h11-15H,6-10H2,1-5H3. The molecule has 0 amide bonds. The predicted molar refractivity (Wildman–Crippen MR) is 71.8 cm³/mol. The maximum atomic E-state index is 3.59. The Morgan fingerprint density at radius 1 is 1.25 bits per heavy atom. The Bertz CT molecular complexity index is 191. The fourth-order valence-electron chi connectivity index (χ4n) is 2.70. The highest BCUT2D eigenvalue weighted by atomic mass is 15.2. The highest BCUT2D eigenvalue weighted by molar-refractivity contribution is 4.83.